The molecule has 0 aromatic heterocycles. The summed E-state index contributed by atoms with van der Waals surface area (Å²) in [4.78, 5) is 2.61. The molecule has 1 aliphatic heterocycles. The monoisotopic (exact) mass is 268 g/mol. The Balaban J connectivity index is 2.42. The predicted molar refractivity (Wildman–Crippen MR) is 66.1 cm³/mol. The highest BCUT2D eigenvalue weighted by molar-refractivity contribution is 5.48. The molecular formula is C12H14F2N4O. The van der Waals surface area contributed by atoms with E-state index in [2.05, 4.69) is 10.0 Å². The van der Waals surface area contributed by atoms with Gasteiger partial charge in [0.15, 0.2) is 0 Å². The molecule has 0 saturated heterocycles. The molecule has 0 spiro atoms. The number of alkyl halides is 1. The van der Waals surface area contributed by atoms with Crippen molar-refractivity contribution in [2.75, 3.05) is 13.2 Å². The third-order valence-corrected chi connectivity index (χ3v) is 3.15. The molecule has 19 heavy (non-hydrogen) atoms. The van der Waals surface area contributed by atoms with Crippen molar-refractivity contribution in [3.63, 3.8) is 0 Å². The number of hydrogen-bond acceptors (Lipinski definition) is 3. The van der Waals surface area contributed by atoms with Crippen LogP contribution in [0, 0.1) is 5.82 Å². The van der Waals surface area contributed by atoms with Crippen LogP contribution in [-0.4, -0.2) is 18.8 Å². The van der Waals surface area contributed by atoms with Crippen LogP contribution in [-0.2, 0) is 6.42 Å². The molecule has 0 amide bonds. The summed E-state index contributed by atoms with van der Waals surface area (Å²) in [5.74, 6) is -0.0321. The van der Waals surface area contributed by atoms with Crippen LogP contribution >= 0.6 is 0 Å². The minimum Gasteiger partial charge on any atom is -0.483 e. The molecule has 1 unspecified atom stereocenters. The Morgan fingerprint density at radius 3 is 2.95 bits per heavy atom. The molecule has 1 aliphatic rings. The molecule has 0 fully saturated rings. The van der Waals surface area contributed by atoms with Crippen molar-refractivity contribution < 1.29 is 13.5 Å². The van der Waals surface area contributed by atoms with E-state index in [9.17, 15) is 8.78 Å². The van der Waals surface area contributed by atoms with Gasteiger partial charge in [-0.3, -0.25) is 0 Å². The quantitative estimate of drug-likeness (QED) is 0.517. The summed E-state index contributed by atoms with van der Waals surface area (Å²) in [7, 11) is 0. The summed E-state index contributed by atoms with van der Waals surface area (Å²) >= 11 is 0. The van der Waals surface area contributed by atoms with Crippen LogP contribution in [0.1, 0.15) is 24.1 Å². The van der Waals surface area contributed by atoms with Crippen LogP contribution in [0.4, 0.5) is 8.78 Å². The van der Waals surface area contributed by atoms with Gasteiger partial charge >= 0.3 is 0 Å². The molecule has 1 aromatic rings. The summed E-state index contributed by atoms with van der Waals surface area (Å²) < 4.78 is 32.4. The van der Waals surface area contributed by atoms with Crippen LogP contribution in [0.25, 0.3) is 10.4 Å². The number of benzene rings is 1. The molecule has 0 radical (unpaired) electrons. The molecule has 5 nitrogen and oxygen atoms in total. The van der Waals surface area contributed by atoms with Gasteiger partial charge in [0.1, 0.15) is 23.8 Å². The Morgan fingerprint density at radius 1 is 1.63 bits per heavy atom. The lowest BCUT2D eigenvalue weighted by atomic mass is 9.96. The van der Waals surface area contributed by atoms with Gasteiger partial charge in [0.25, 0.3) is 0 Å². The fraction of sp³-hybridized carbons (Fsp3) is 0.500. The first-order valence-corrected chi connectivity index (χ1v) is 5.85. The standard InChI is InChI=1S/C12H14F2N4O/c1-7(15)10-3-9(14)2-8-4-12(5-13,6-17-18-16)19-11(8)10/h2-3,7H,4-6,15H2,1H3/t7-,12?/m1/s1. The van der Waals surface area contributed by atoms with Crippen molar-refractivity contribution in [1.29, 1.82) is 0 Å². The first kappa shape index (κ1) is 13.6. The van der Waals surface area contributed by atoms with Crippen LogP contribution < -0.4 is 10.5 Å². The Kier molecular flexibility index (Phi) is 3.59. The van der Waals surface area contributed by atoms with Crippen molar-refractivity contribution in [3.05, 3.63) is 39.5 Å². The number of nitrogens with two attached hydrogens (primary N) is 1. The van der Waals surface area contributed by atoms with Crippen molar-refractivity contribution in [1.82, 2.24) is 0 Å². The van der Waals surface area contributed by atoms with E-state index in [1.807, 2.05) is 0 Å². The Labute approximate surface area is 109 Å². The SMILES string of the molecule is C[C@@H](N)c1cc(F)cc2c1OC(CF)(CN=[N+]=[N-])C2. The van der Waals surface area contributed by atoms with Gasteiger partial charge in [0.05, 0.1) is 6.54 Å². The lowest BCUT2D eigenvalue weighted by molar-refractivity contribution is 0.0719. The number of nitrogens with zero attached hydrogens (tertiary/aromatic N) is 3. The summed E-state index contributed by atoms with van der Waals surface area (Å²) in [5, 5.41) is 3.37. The van der Waals surface area contributed by atoms with E-state index < -0.39 is 24.1 Å². The molecule has 2 rings (SSSR count). The van der Waals surface area contributed by atoms with Crippen molar-refractivity contribution >= 4 is 0 Å². The molecule has 2 atom stereocenters. The topological polar surface area (TPSA) is 84.0 Å². The summed E-state index contributed by atoms with van der Waals surface area (Å²) in [6.45, 7) is 0.733. The van der Waals surface area contributed by atoms with Crippen LogP contribution in [0.5, 0.6) is 5.75 Å². The van der Waals surface area contributed by atoms with Crippen molar-refractivity contribution in [2.24, 2.45) is 10.8 Å². The molecule has 2 N–H and O–H groups in total. The highest BCUT2D eigenvalue weighted by atomic mass is 19.1. The molecule has 1 heterocycles. The van der Waals surface area contributed by atoms with E-state index >= 15 is 0 Å². The van der Waals surface area contributed by atoms with E-state index in [0.717, 1.165) is 0 Å². The summed E-state index contributed by atoms with van der Waals surface area (Å²) in [6.07, 6.45) is 0.162. The first-order chi connectivity index (χ1) is 9.01. The zero-order valence-corrected chi connectivity index (χ0v) is 10.4. The van der Waals surface area contributed by atoms with Crippen molar-refractivity contribution in [2.45, 2.75) is 25.0 Å². The fourth-order valence-electron chi connectivity index (χ4n) is 2.23. The minimum atomic E-state index is -1.24. The second kappa shape index (κ2) is 5.03. The normalized spacial score (nSPS) is 22.3. The maximum atomic E-state index is 13.5. The molecule has 7 heteroatoms. The highest BCUT2D eigenvalue weighted by Gasteiger charge is 2.41. The predicted octanol–water partition coefficient (Wildman–Crippen LogP) is 2.80. The van der Waals surface area contributed by atoms with Gasteiger partial charge < -0.3 is 10.5 Å². The van der Waals surface area contributed by atoms with Crippen molar-refractivity contribution in [3.8, 4) is 5.75 Å². The average Bonchev–Trinajstić information content (AvgIpc) is 2.74. The number of hydrogen-bond donors (Lipinski definition) is 1. The zero-order valence-electron chi connectivity index (χ0n) is 10.4. The van der Waals surface area contributed by atoms with Gasteiger partial charge in [-0.2, -0.15) is 0 Å². The van der Waals surface area contributed by atoms with Gasteiger partial charge in [0.2, 0.25) is 0 Å². The van der Waals surface area contributed by atoms with E-state index in [0.29, 0.717) is 16.9 Å². The van der Waals surface area contributed by atoms with Crippen LogP contribution in [0.2, 0.25) is 0 Å². The number of azide groups is 1. The summed E-state index contributed by atoms with van der Waals surface area (Å²) in [5.41, 5.74) is 13.9. The maximum absolute atomic E-state index is 13.5. The van der Waals surface area contributed by atoms with E-state index in [1.165, 1.54) is 12.1 Å². The molecule has 102 valence electrons. The van der Waals surface area contributed by atoms with Crippen LogP contribution in [0.3, 0.4) is 0 Å². The molecule has 1 aromatic carbocycles. The highest BCUT2D eigenvalue weighted by Crippen LogP contribution is 2.41. The van der Waals surface area contributed by atoms with Crippen LogP contribution in [0.15, 0.2) is 17.2 Å². The lowest BCUT2D eigenvalue weighted by Crippen LogP contribution is -2.40. The fourth-order valence-corrected chi connectivity index (χ4v) is 2.23. The third kappa shape index (κ3) is 2.47. The molecule has 0 aliphatic carbocycles. The number of fused-ring (bicyclic) bond motifs is 1. The molecule has 0 saturated carbocycles. The smallest absolute Gasteiger partial charge is 0.147 e. The number of ether oxygens (including phenoxy) is 1. The van der Waals surface area contributed by atoms with Gasteiger partial charge in [-0.05, 0) is 24.6 Å². The van der Waals surface area contributed by atoms with Gasteiger partial charge in [0, 0.05) is 28.5 Å². The first-order valence-electron chi connectivity index (χ1n) is 5.85. The second-order valence-electron chi connectivity index (χ2n) is 4.76. The number of rotatable bonds is 4. The largest absolute Gasteiger partial charge is 0.483 e. The van der Waals surface area contributed by atoms with Gasteiger partial charge in [-0.15, -0.1) is 0 Å². The third-order valence-electron chi connectivity index (χ3n) is 3.15. The van der Waals surface area contributed by atoms with E-state index in [4.69, 9.17) is 16.0 Å². The molecule has 0 bridgehead atoms. The number of halogens is 2. The molecular weight excluding hydrogens is 254 g/mol. The Bertz CT molecular complexity index is 543. The average molecular weight is 268 g/mol. The maximum Gasteiger partial charge on any atom is 0.147 e. The van der Waals surface area contributed by atoms with Gasteiger partial charge in [-0.1, -0.05) is 5.11 Å². The van der Waals surface area contributed by atoms with E-state index in [1.54, 1.807) is 6.92 Å². The zero-order chi connectivity index (χ0) is 14.0. The van der Waals surface area contributed by atoms with E-state index in [-0.39, 0.29) is 13.0 Å². The summed E-state index contributed by atoms with van der Waals surface area (Å²) in [6, 6.07) is 2.15. The Hall–Kier alpha value is -1.85. The Morgan fingerprint density at radius 2 is 2.37 bits per heavy atom. The lowest BCUT2D eigenvalue weighted by Gasteiger charge is -2.24. The van der Waals surface area contributed by atoms with Gasteiger partial charge in [-0.25, -0.2) is 8.78 Å². The minimum absolute atomic E-state index is 0.144. The second-order valence-corrected chi connectivity index (χ2v) is 4.76.